The Morgan fingerprint density at radius 3 is 2.56 bits per heavy atom. The summed E-state index contributed by atoms with van der Waals surface area (Å²) in [6.45, 7) is 9.11. The van der Waals surface area contributed by atoms with E-state index in [0.717, 1.165) is 55.2 Å². The van der Waals surface area contributed by atoms with Crippen LogP contribution in [-0.2, 0) is 11.2 Å². The number of rotatable bonds is 7. The standard InChI is InChI=1S/C24H28ClN5O2/c1-3-29-12-14-30(15-13-29)21-9-8-19(25)16-20(21)26-22(31)10-11-23-27-28-24(32-23)18-6-4-17(2)5-7-18/h4-9,16H,3,10-15H2,1-2H3,(H,26,31). The van der Waals surface area contributed by atoms with Crippen molar-refractivity contribution >= 4 is 28.9 Å². The maximum Gasteiger partial charge on any atom is 0.247 e. The molecule has 32 heavy (non-hydrogen) atoms. The number of benzene rings is 2. The summed E-state index contributed by atoms with van der Waals surface area (Å²) < 4.78 is 5.73. The van der Waals surface area contributed by atoms with Gasteiger partial charge in [-0.25, -0.2) is 0 Å². The molecule has 1 aliphatic rings. The van der Waals surface area contributed by atoms with Crippen molar-refractivity contribution in [1.82, 2.24) is 15.1 Å². The molecular weight excluding hydrogens is 426 g/mol. The summed E-state index contributed by atoms with van der Waals surface area (Å²) in [4.78, 5) is 17.4. The second kappa shape index (κ2) is 10.1. The molecule has 0 unspecified atom stereocenters. The van der Waals surface area contributed by atoms with Crippen molar-refractivity contribution in [2.45, 2.75) is 26.7 Å². The lowest BCUT2D eigenvalue weighted by Gasteiger charge is -2.36. The van der Waals surface area contributed by atoms with Crippen LogP contribution in [0.25, 0.3) is 11.5 Å². The van der Waals surface area contributed by atoms with Gasteiger partial charge in [0.25, 0.3) is 0 Å². The molecule has 0 radical (unpaired) electrons. The average Bonchev–Trinajstić information content (AvgIpc) is 3.28. The predicted octanol–water partition coefficient (Wildman–Crippen LogP) is 4.41. The highest BCUT2D eigenvalue weighted by molar-refractivity contribution is 6.31. The minimum absolute atomic E-state index is 0.115. The van der Waals surface area contributed by atoms with E-state index in [4.69, 9.17) is 16.0 Å². The average molecular weight is 454 g/mol. The number of halogens is 1. The number of hydrogen-bond acceptors (Lipinski definition) is 6. The zero-order valence-corrected chi connectivity index (χ0v) is 19.2. The van der Waals surface area contributed by atoms with E-state index in [-0.39, 0.29) is 12.3 Å². The van der Waals surface area contributed by atoms with Crippen molar-refractivity contribution in [3.63, 3.8) is 0 Å². The van der Waals surface area contributed by atoms with Gasteiger partial charge in [-0.3, -0.25) is 4.79 Å². The maximum atomic E-state index is 12.7. The van der Waals surface area contributed by atoms with E-state index in [1.165, 1.54) is 0 Å². The smallest absolute Gasteiger partial charge is 0.247 e. The zero-order valence-electron chi connectivity index (χ0n) is 18.5. The van der Waals surface area contributed by atoms with Crippen LogP contribution in [0.2, 0.25) is 5.02 Å². The van der Waals surface area contributed by atoms with Crippen LogP contribution in [0.4, 0.5) is 11.4 Å². The van der Waals surface area contributed by atoms with Crippen LogP contribution >= 0.6 is 11.6 Å². The number of aryl methyl sites for hydroxylation is 2. The second-order valence-corrected chi connectivity index (χ2v) is 8.43. The largest absolute Gasteiger partial charge is 0.421 e. The molecule has 0 aliphatic carbocycles. The molecule has 3 aromatic rings. The van der Waals surface area contributed by atoms with Crippen LogP contribution < -0.4 is 10.2 Å². The van der Waals surface area contributed by atoms with Gasteiger partial charge in [0.05, 0.1) is 11.4 Å². The van der Waals surface area contributed by atoms with Crippen molar-refractivity contribution < 1.29 is 9.21 Å². The van der Waals surface area contributed by atoms with Gasteiger partial charge in [0.1, 0.15) is 0 Å². The van der Waals surface area contributed by atoms with E-state index in [1.54, 1.807) is 0 Å². The van der Waals surface area contributed by atoms with Gasteiger partial charge in [-0.05, 0) is 43.8 Å². The lowest BCUT2D eigenvalue weighted by molar-refractivity contribution is -0.116. The maximum absolute atomic E-state index is 12.7. The lowest BCUT2D eigenvalue weighted by Crippen LogP contribution is -2.46. The highest BCUT2D eigenvalue weighted by Gasteiger charge is 2.19. The first-order chi connectivity index (χ1) is 15.5. The Kier molecular flexibility index (Phi) is 7.07. The summed E-state index contributed by atoms with van der Waals surface area (Å²) in [7, 11) is 0. The van der Waals surface area contributed by atoms with Crippen LogP contribution in [0.1, 0.15) is 24.8 Å². The number of likely N-dealkylation sites (N-methyl/N-ethyl adjacent to an activating group) is 1. The fraction of sp³-hybridized carbons (Fsp3) is 0.375. The van der Waals surface area contributed by atoms with Crippen LogP contribution in [0.3, 0.4) is 0 Å². The molecule has 1 N–H and O–H groups in total. The summed E-state index contributed by atoms with van der Waals surface area (Å²) in [6, 6.07) is 13.5. The molecule has 1 fully saturated rings. The summed E-state index contributed by atoms with van der Waals surface area (Å²) in [6.07, 6.45) is 0.612. The number of anilines is 2. The van der Waals surface area contributed by atoms with E-state index in [2.05, 4.69) is 32.2 Å². The number of nitrogens with zero attached hydrogens (tertiary/aromatic N) is 4. The molecule has 1 amide bonds. The number of amides is 1. The number of aromatic nitrogens is 2. The number of carbonyl (C=O) groups excluding carboxylic acids is 1. The molecule has 0 bridgehead atoms. The molecule has 1 aromatic heterocycles. The van der Waals surface area contributed by atoms with E-state index in [1.807, 2.05) is 49.4 Å². The van der Waals surface area contributed by atoms with E-state index in [0.29, 0.717) is 23.2 Å². The van der Waals surface area contributed by atoms with Gasteiger partial charge in [0, 0.05) is 49.6 Å². The van der Waals surface area contributed by atoms with Gasteiger partial charge in [0.2, 0.25) is 17.7 Å². The third kappa shape index (κ3) is 5.47. The van der Waals surface area contributed by atoms with E-state index in [9.17, 15) is 4.79 Å². The molecule has 7 nitrogen and oxygen atoms in total. The third-order valence-corrected chi connectivity index (χ3v) is 5.96. The normalized spacial score (nSPS) is 14.5. The van der Waals surface area contributed by atoms with Crippen LogP contribution in [0, 0.1) is 6.92 Å². The van der Waals surface area contributed by atoms with Crippen molar-refractivity contribution in [3.8, 4) is 11.5 Å². The fourth-order valence-corrected chi connectivity index (χ4v) is 3.96. The first kappa shape index (κ1) is 22.3. The second-order valence-electron chi connectivity index (χ2n) is 8.00. The monoisotopic (exact) mass is 453 g/mol. The highest BCUT2D eigenvalue weighted by atomic mass is 35.5. The molecule has 0 atom stereocenters. The molecular formula is C24H28ClN5O2. The number of hydrogen-bond donors (Lipinski definition) is 1. The minimum Gasteiger partial charge on any atom is -0.421 e. The van der Waals surface area contributed by atoms with Gasteiger partial charge >= 0.3 is 0 Å². The topological polar surface area (TPSA) is 74.5 Å². The Hall–Kier alpha value is -2.90. The zero-order chi connectivity index (χ0) is 22.5. The Balaban J connectivity index is 1.37. The van der Waals surface area contributed by atoms with Crippen molar-refractivity contribution in [1.29, 1.82) is 0 Å². The van der Waals surface area contributed by atoms with Gasteiger partial charge in [-0.2, -0.15) is 0 Å². The van der Waals surface area contributed by atoms with Crippen LogP contribution in [-0.4, -0.2) is 53.7 Å². The van der Waals surface area contributed by atoms with Crippen LogP contribution in [0.5, 0.6) is 0 Å². The summed E-state index contributed by atoms with van der Waals surface area (Å²) in [5.41, 5.74) is 3.76. The molecule has 2 heterocycles. The molecule has 1 saturated heterocycles. The van der Waals surface area contributed by atoms with Crippen molar-refractivity contribution in [2.24, 2.45) is 0 Å². The summed E-state index contributed by atoms with van der Waals surface area (Å²) >= 11 is 6.22. The first-order valence-corrected chi connectivity index (χ1v) is 11.4. The van der Waals surface area contributed by atoms with Crippen molar-refractivity contribution in [3.05, 3.63) is 58.9 Å². The lowest BCUT2D eigenvalue weighted by atomic mass is 10.1. The van der Waals surface area contributed by atoms with E-state index >= 15 is 0 Å². The fourth-order valence-electron chi connectivity index (χ4n) is 3.79. The van der Waals surface area contributed by atoms with E-state index < -0.39 is 0 Å². The molecule has 1 aliphatic heterocycles. The highest BCUT2D eigenvalue weighted by Crippen LogP contribution is 2.30. The van der Waals surface area contributed by atoms with Crippen molar-refractivity contribution in [2.75, 3.05) is 42.9 Å². The Morgan fingerprint density at radius 1 is 1.09 bits per heavy atom. The van der Waals surface area contributed by atoms with Gasteiger partial charge < -0.3 is 19.5 Å². The summed E-state index contributed by atoms with van der Waals surface area (Å²) in [5.74, 6) is 0.789. The Bertz CT molecular complexity index is 1060. The van der Waals surface area contributed by atoms with Gasteiger partial charge in [-0.1, -0.05) is 36.2 Å². The summed E-state index contributed by atoms with van der Waals surface area (Å²) in [5, 5.41) is 11.8. The minimum atomic E-state index is -0.115. The molecule has 168 valence electrons. The Labute approximate surface area is 193 Å². The van der Waals surface area contributed by atoms with Gasteiger partial charge in [0.15, 0.2) is 0 Å². The molecule has 0 spiro atoms. The molecule has 8 heteroatoms. The number of nitrogens with one attached hydrogen (secondary N) is 1. The number of carbonyl (C=O) groups is 1. The molecule has 0 saturated carbocycles. The third-order valence-electron chi connectivity index (χ3n) is 5.72. The SMILES string of the molecule is CCN1CCN(c2ccc(Cl)cc2NC(=O)CCc2nnc(-c3ccc(C)cc3)o2)CC1. The van der Waals surface area contributed by atoms with Gasteiger partial charge in [-0.15, -0.1) is 10.2 Å². The quantitative estimate of drug-likeness (QED) is 0.571. The number of piperazine rings is 1. The Morgan fingerprint density at radius 2 is 1.84 bits per heavy atom. The molecule has 2 aromatic carbocycles. The first-order valence-electron chi connectivity index (χ1n) is 11.0. The molecule has 4 rings (SSSR count). The predicted molar refractivity (Wildman–Crippen MR) is 127 cm³/mol. The van der Waals surface area contributed by atoms with Crippen LogP contribution in [0.15, 0.2) is 46.9 Å².